The topological polar surface area (TPSA) is 39.2 Å². The maximum Gasteiger partial charge on any atom is 0.210 e. The van der Waals surface area contributed by atoms with Crippen LogP contribution in [0.2, 0.25) is 0 Å². The minimum absolute atomic E-state index is 0.0229. The molecule has 3 heteroatoms. The van der Waals surface area contributed by atoms with Crippen molar-refractivity contribution in [2.75, 3.05) is 6.61 Å². The number of carbonyl (C=O) groups is 1. The van der Waals surface area contributed by atoms with Crippen molar-refractivity contribution in [2.24, 2.45) is 0 Å². The van der Waals surface area contributed by atoms with Crippen LogP contribution in [0.1, 0.15) is 23.3 Å². The molecule has 0 amide bonds. The largest absolute Gasteiger partial charge is 0.501 e. The maximum absolute atomic E-state index is 11.8. The van der Waals surface area contributed by atoms with Gasteiger partial charge in [-0.15, -0.1) is 0 Å². The van der Waals surface area contributed by atoms with Crippen molar-refractivity contribution < 1.29 is 9.53 Å². The van der Waals surface area contributed by atoms with Gasteiger partial charge in [0.15, 0.2) is 0 Å². The Bertz CT molecular complexity index is 357. The van der Waals surface area contributed by atoms with Crippen LogP contribution in [0.15, 0.2) is 36.2 Å². The number of aromatic nitrogens is 1. The van der Waals surface area contributed by atoms with Crippen LogP contribution in [0.3, 0.4) is 0 Å². The first-order chi connectivity index (χ1) is 6.88. The minimum Gasteiger partial charge on any atom is -0.501 e. The van der Waals surface area contributed by atoms with Crippen molar-refractivity contribution in [3.8, 4) is 0 Å². The normalized spacial score (nSPS) is 15.6. The third-order valence-corrected chi connectivity index (χ3v) is 2.12. The fourth-order valence-corrected chi connectivity index (χ4v) is 1.39. The second-order valence-electron chi connectivity index (χ2n) is 3.16. The zero-order valence-electron chi connectivity index (χ0n) is 7.77. The van der Waals surface area contributed by atoms with E-state index in [9.17, 15) is 4.79 Å². The number of ether oxygens (including phenoxy) is 1. The lowest BCUT2D eigenvalue weighted by Crippen LogP contribution is -2.10. The van der Waals surface area contributed by atoms with Gasteiger partial charge >= 0.3 is 0 Å². The molecule has 1 aromatic heterocycles. The SMILES string of the molecule is O=C(C1=COCCC1)c1ccccn1. The highest BCUT2D eigenvalue weighted by Gasteiger charge is 2.15. The minimum atomic E-state index is -0.0229. The zero-order valence-corrected chi connectivity index (χ0v) is 7.77. The molecule has 2 rings (SSSR count). The van der Waals surface area contributed by atoms with Crippen molar-refractivity contribution in [1.82, 2.24) is 4.98 Å². The predicted octanol–water partition coefficient (Wildman–Crippen LogP) is 1.96. The van der Waals surface area contributed by atoms with E-state index in [1.54, 1.807) is 24.6 Å². The summed E-state index contributed by atoms with van der Waals surface area (Å²) >= 11 is 0. The van der Waals surface area contributed by atoms with Crippen LogP contribution in [0.5, 0.6) is 0 Å². The van der Waals surface area contributed by atoms with E-state index >= 15 is 0 Å². The molecular formula is C11H11NO2. The van der Waals surface area contributed by atoms with E-state index in [2.05, 4.69) is 4.98 Å². The summed E-state index contributed by atoms with van der Waals surface area (Å²) in [5.74, 6) is -0.0229. The van der Waals surface area contributed by atoms with Crippen LogP contribution >= 0.6 is 0 Å². The van der Waals surface area contributed by atoms with E-state index in [0.717, 1.165) is 18.4 Å². The zero-order chi connectivity index (χ0) is 9.80. The summed E-state index contributed by atoms with van der Waals surface area (Å²) in [7, 11) is 0. The summed E-state index contributed by atoms with van der Waals surface area (Å²) in [5.41, 5.74) is 1.21. The molecule has 0 saturated carbocycles. The highest BCUT2D eigenvalue weighted by Crippen LogP contribution is 2.15. The quantitative estimate of drug-likeness (QED) is 0.667. The molecule has 2 heterocycles. The highest BCUT2D eigenvalue weighted by molar-refractivity contribution is 6.07. The monoisotopic (exact) mass is 189 g/mol. The Morgan fingerprint density at radius 1 is 1.43 bits per heavy atom. The second kappa shape index (κ2) is 4.05. The third-order valence-electron chi connectivity index (χ3n) is 2.12. The van der Waals surface area contributed by atoms with E-state index in [4.69, 9.17) is 4.74 Å². The number of ketones is 1. The van der Waals surface area contributed by atoms with Gasteiger partial charge in [0.05, 0.1) is 12.9 Å². The first-order valence-corrected chi connectivity index (χ1v) is 4.64. The van der Waals surface area contributed by atoms with Crippen LogP contribution in [0, 0.1) is 0 Å². The Labute approximate surface area is 82.4 Å². The Hall–Kier alpha value is -1.64. The molecule has 0 atom stereocenters. The number of nitrogens with zero attached hydrogens (tertiary/aromatic N) is 1. The average Bonchev–Trinajstić information content (AvgIpc) is 2.30. The number of allylic oxidation sites excluding steroid dienone is 1. The number of Topliss-reactive ketones (excluding diaryl/α,β-unsaturated/α-hetero) is 1. The molecule has 0 aromatic carbocycles. The Morgan fingerprint density at radius 3 is 3.00 bits per heavy atom. The molecule has 1 aromatic rings. The Balaban J connectivity index is 2.20. The molecule has 0 N–H and O–H groups in total. The summed E-state index contributed by atoms with van der Waals surface area (Å²) < 4.78 is 5.11. The lowest BCUT2D eigenvalue weighted by atomic mass is 10.0. The van der Waals surface area contributed by atoms with Gasteiger partial charge < -0.3 is 4.74 Å². The molecule has 1 aliphatic rings. The molecule has 0 fully saturated rings. The smallest absolute Gasteiger partial charge is 0.210 e. The Morgan fingerprint density at radius 2 is 2.36 bits per heavy atom. The maximum atomic E-state index is 11.8. The number of pyridine rings is 1. The summed E-state index contributed by atoms with van der Waals surface area (Å²) in [4.78, 5) is 15.8. The van der Waals surface area contributed by atoms with Crippen molar-refractivity contribution in [3.63, 3.8) is 0 Å². The lowest BCUT2D eigenvalue weighted by molar-refractivity contribution is 0.100. The molecule has 0 saturated heterocycles. The first-order valence-electron chi connectivity index (χ1n) is 4.64. The molecular weight excluding hydrogens is 178 g/mol. The molecule has 3 nitrogen and oxygen atoms in total. The van der Waals surface area contributed by atoms with Crippen molar-refractivity contribution in [2.45, 2.75) is 12.8 Å². The molecule has 0 unspecified atom stereocenters. The van der Waals surface area contributed by atoms with Gasteiger partial charge in [-0.25, -0.2) is 0 Å². The van der Waals surface area contributed by atoms with Gasteiger partial charge in [0, 0.05) is 11.8 Å². The van der Waals surface area contributed by atoms with Gasteiger partial charge in [0.25, 0.3) is 0 Å². The number of hydrogen-bond donors (Lipinski definition) is 0. The van der Waals surface area contributed by atoms with Gasteiger partial charge in [0.1, 0.15) is 5.69 Å². The van der Waals surface area contributed by atoms with Gasteiger partial charge in [-0.1, -0.05) is 6.07 Å². The van der Waals surface area contributed by atoms with E-state index in [1.165, 1.54) is 0 Å². The van der Waals surface area contributed by atoms with Gasteiger partial charge in [-0.05, 0) is 25.0 Å². The summed E-state index contributed by atoms with van der Waals surface area (Å²) in [5, 5.41) is 0. The van der Waals surface area contributed by atoms with E-state index in [1.807, 2.05) is 6.07 Å². The molecule has 0 radical (unpaired) electrons. The van der Waals surface area contributed by atoms with Crippen molar-refractivity contribution in [3.05, 3.63) is 41.9 Å². The van der Waals surface area contributed by atoms with Crippen molar-refractivity contribution in [1.29, 1.82) is 0 Å². The van der Waals surface area contributed by atoms with Gasteiger partial charge in [-0.3, -0.25) is 9.78 Å². The Kier molecular flexibility index (Phi) is 2.58. The summed E-state index contributed by atoms with van der Waals surface area (Å²) in [6.45, 7) is 0.707. The first kappa shape index (κ1) is 8.94. The van der Waals surface area contributed by atoms with Crippen LogP contribution in [-0.2, 0) is 4.74 Å². The lowest BCUT2D eigenvalue weighted by Gasteiger charge is -2.11. The van der Waals surface area contributed by atoms with E-state index < -0.39 is 0 Å². The van der Waals surface area contributed by atoms with Crippen LogP contribution in [-0.4, -0.2) is 17.4 Å². The number of hydrogen-bond acceptors (Lipinski definition) is 3. The molecule has 0 aliphatic carbocycles. The molecule has 1 aliphatic heterocycles. The highest BCUT2D eigenvalue weighted by atomic mass is 16.5. The van der Waals surface area contributed by atoms with Crippen LogP contribution in [0.25, 0.3) is 0 Å². The fraction of sp³-hybridized carbons (Fsp3) is 0.273. The van der Waals surface area contributed by atoms with Crippen LogP contribution in [0.4, 0.5) is 0 Å². The van der Waals surface area contributed by atoms with Gasteiger partial charge in [-0.2, -0.15) is 0 Å². The summed E-state index contributed by atoms with van der Waals surface area (Å²) in [6, 6.07) is 5.32. The van der Waals surface area contributed by atoms with E-state index in [-0.39, 0.29) is 5.78 Å². The van der Waals surface area contributed by atoms with Gasteiger partial charge in [0.2, 0.25) is 5.78 Å². The molecule has 0 bridgehead atoms. The molecule has 72 valence electrons. The van der Waals surface area contributed by atoms with Crippen molar-refractivity contribution >= 4 is 5.78 Å². The molecule has 0 spiro atoms. The fourth-order valence-electron chi connectivity index (χ4n) is 1.39. The standard InChI is InChI=1S/C11H11NO2/c13-11(9-4-3-7-14-8-9)10-5-1-2-6-12-10/h1-2,5-6,8H,3-4,7H2. The number of rotatable bonds is 2. The number of carbonyl (C=O) groups excluding carboxylic acids is 1. The van der Waals surface area contributed by atoms with E-state index in [0.29, 0.717) is 12.3 Å². The molecule has 14 heavy (non-hydrogen) atoms. The third kappa shape index (κ3) is 1.82. The summed E-state index contributed by atoms with van der Waals surface area (Å²) in [6.07, 6.45) is 4.87. The predicted molar refractivity (Wildman–Crippen MR) is 51.8 cm³/mol. The van der Waals surface area contributed by atoms with Crippen LogP contribution < -0.4 is 0 Å². The second-order valence-corrected chi connectivity index (χ2v) is 3.16. The average molecular weight is 189 g/mol.